The first-order valence-corrected chi connectivity index (χ1v) is 9.76. The standard InChI is InChI=1S/C17H27N7S/c1-5-18-17(19-8-15-23-16(11(2)3)12(4)25-15)22-13-6-7-14-20-10-21-24(14)9-13/h10-11,13H,5-9H2,1-4H3,(H2,18,19,22). The van der Waals surface area contributed by atoms with Gasteiger partial charge in [0.1, 0.15) is 17.2 Å². The Morgan fingerprint density at radius 2 is 2.32 bits per heavy atom. The lowest BCUT2D eigenvalue weighted by atomic mass is 10.1. The number of aryl methyl sites for hydroxylation is 2. The summed E-state index contributed by atoms with van der Waals surface area (Å²) in [7, 11) is 0. The number of nitrogens with zero attached hydrogens (tertiary/aromatic N) is 5. The number of fused-ring (bicyclic) bond motifs is 1. The fraction of sp³-hybridized carbons (Fsp3) is 0.647. The summed E-state index contributed by atoms with van der Waals surface area (Å²) < 4.78 is 1.98. The predicted octanol–water partition coefficient (Wildman–Crippen LogP) is 2.24. The van der Waals surface area contributed by atoms with Crippen molar-refractivity contribution in [3.8, 4) is 0 Å². The molecule has 0 fully saturated rings. The molecular formula is C17H27N7S. The third-order valence-corrected chi connectivity index (χ3v) is 5.26. The van der Waals surface area contributed by atoms with E-state index < -0.39 is 0 Å². The largest absolute Gasteiger partial charge is 0.357 e. The number of thiazole rings is 1. The van der Waals surface area contributed by atoms with Crippen molar-refractivity contribution in [3.63, 3.8) is 0 Å². The molecule has 2 N–H and O–H groups in total. The molecule has 25 heavy (non-hydrogen) atoms. The van der Waals surface area contributed by atoms with Gasteiger partial charge in [-0.25, -0.2) is 19.6 Å². The first-order chi connectivity index (χ1) is 12.1. The Hall–Kier alpha value is -1.96. The van der Waals surface area contributed by atoms with Gasteiger partial charge in [-0.15, -0.1) is 11.3 Å². The molecular weight excluding hydrogens is 334 g/mol. The van der Waals surface area contributed by atoms with Crippen LogP contribution in [0.25, 0.3) is 0 Å². The van der Waals surface area contributed by atoms with E-state index in [-0.39, 0.29) is 0 Å². The highest BCUT2D eigenvalue weighted by Gasteiger charge is 2.20. The molecule has 0 saturated heterocycles. The molecule has 1 aliphatic rings. The third kappa shape index (κ3) is 4.36. The molecule has 3 heterocycles. The minimum absolute atomic E-state index is 0.316. The van der Waals surface area contributed by atoms with E-state index in [1.54, 1.807) is 17.7 Å². The second kappa shape index (κ2) is 7.95. The zero-order chi connectivity index (χ0) is 17.8. The van der Waals surface area contributed by atoms with Crippen molar-refractivity contribution in [1.82, 2.24) is 30.4 Å². The second-order valence-electron chi connectivity index (χ2n) is 6.64. The van der Waals surface area contributed by atoms with Crippen LogP contribution in [-0.4, -0.2) is 38.3 Å². The molecule has 0 saturated carbocycles. The Morgan fingerprint density at radius 1 is 1.48 bits per heavy atom. The van der Waals surface area contributed by atoms with Crippen LogP contribution in [0, 0.1) is 6.92 Å². The highest BCUT2D eigenvalue weighted by molar-refractivity contribution is 7.11. The van der Waals surface area contributed by atoms with Crippen LogP contribution < -0.4 is 10.6 Å². The zero-order valence-corrected chi connectivity index (χ0v) is 16.2. The van der Waals surface area contributed by atoms with Crippen molar-refractivity contribution in [2.75, 3.05) is 6.54 Å². The second-order valence-corrected chi connectivity index (χ2v) is 7.92. The van der Waals surface area contributed by atoms with Crippen molar-refractivity contribution < 1.29 is 0 Å². The molecule has 7 nitrogen and oxygen atoms in total. The maximum atomic E-state index is 4.74. The van der Waals surface area contributed by atoms with Gasteiger partial charge in [-0.3, -0.25) is 0 Å². The molecule has 0 aromatic carbocycles. The highest BCUT2D eigenvalue weighted by atomic mass is 32.1. The minimum Gasteiger partial charge on any atom is -0.357 e. The topological polar surface area (TPSA) is 80.0 Å². The van der Waals surface area contributed by atoms with E-state index in [9.17, 15) is 0 Å². The molecule has 0 spiro atoms. The van der Waals surface area contributed by atoms with Crippen LogP contribution in [0.3, 0.4) is 0 Å². The van der Waals surface area contributed by atoms with Gasteiger partial charge < -0.3 is 10.6 Å². The molecule has 2 aromatic rings. The van der Waals surface area contributed by atoms with E-state index in [4.69, 9.17) is 9.98 Å². The Morgan fingerprint density at radius 3 is 3.04 bits per heavy atom. The average Bonchev–Trinajstić information content (AvgIpc) is 3.18. The van der Waals surface area contributed by atoms with Crippen molar-refractivity contribution in [2.24, 2.45) is 4.99 Å². The van der Waals surface area contributed by atoms with E-state index in [1.807, 2.05) is 4.68 Å². The van der Waals surface area contributed by atoms with E-state index in [0.717, 1.165) is 42.7 Å². The van der Waals surface area contributed by atoms with Gasteiger partial charge in [0, 0.05) is 23.9 Å². The summed E-state index contributed by atoms with van der Waals surface area (Å²) in [5.41, 5.74) is 1.19. The van der Waals surface area contributed by atoms with E-state index in [1.165, 1.54) is 10.6 Å². The number of guanidine groups is 1. The van der Waals surface area contributed by atoms with Gasteiger partial charge in [0.2, 0.25) is 0 Å². The van der Waals surface area contributed by atoms with Crippen LogP contribution in [0.2, 0.25) is 0 Å². The van der Waals surface area contributed by atoms with E-state index in [2.05, 4.69) is 48.4 Å². The SMILES string of the molecule is CCNC(=NCc1nc(C(C)C)c(C)s1)NC1CCc2ncnn2C1. The Kier molecular flexibility index (Phi) is 5.67. The first-order valence-electron chi connectivity index (χ1n) is 8.94. The molecule has 0 bridgehead atoms. The summed E-state index contributed by atoms with van der Waals surface area (Å²) in [6.07, 6.45) is 3.62. The van der Waals surface area contributed by atoms with Gasteiger partial charge in [0.05, 0.1) is 18.8 Å². The molecule has 2 aromatic heterocycles. The fourth-order valence-electron chi connectivity index (χ4n) is 3.08. The van der Waals surface area contributed by atoms with Gasteiger partial charge in [0.25, 0.3) is 0 Å². The maximum absolute atomic E-state index is 4.74. The fourth-order valence-corrected chi connectivity index (χ4v) is 4.10. The minimum atomic E-state index is 0.316. The Labute approximate surface area is 153 Å². The first kappa shape index (κ1) is 17.8. The summed E-state index contributed by atoms with van der Waals surface area (Å²) >= 11 is 1.74. The van der Waals surface area contributed by atoms with E-state index in [0.29, 0.717) is 18.5 Å². The van der Waals surface area contributed by atoms with Crippen molar-refractivity contribution in [2.45, 2.75) is 65.6 Å². The number of aliphatic imine (C=N–C) groups is 1. The summed E-state index contributed by atoms with van der Waals surface area (Å²) in [5.74, 6) is 2.37. The average molecular weight is 362 g/mol. The zero-order valence-electron chi connectivity index (χ0n) is 15.4. The molecule has 1 aliphatic heterocycles. The van der Waals surface area contributed by atoms with Crippen molar-refractivity contribution >= 4 is 17.3 Å². The number of hydrogen-bond donors (Lipinski definition) is 2. The lowest BCUT2D eigenvalue weighted by molar-refractivity contribution is 0.392. The van der Waals surface area contributed by atoms with Crippen LogP contribution in [0.15, 0.2) is 11.3 Å². The van der Waals surface area contributed by atoms with Crippen LogP contribution in [0.5, 0.6) is 0 Å². The van der Waals surface area contributed by atoms with Gasteiger partial charge >= 0.3 is 0 Å². The molecule has 3 rings (SSSR count). The van der Waals surface area contributed by atoms with Gasteiger partial charge in [0.15, 0.2) is 5.96 Å². The van der Waals surface area contributed by atoms with Crippen molar-refractivity contribution in [1.29, 1.82) is 0 Å². The Balaban J connectivity index is 1.64. The third-order valence-electron chi connectivity index (χ3n) is 4.29. The quantitative estimate of drug-likeness (QED) is 0.631. The number of hydrogen-bond acceptors (Lipinski definition) is 5. The highest BCUT2D eigenvalue weighted by Crippen LogP contribution is 2.24. The molecule has 0 amide bonds. The lowest BCUT2D eigenvalue weighted by Crippen LogP contribution is -2.47. The molecule has 1 atom stereocenters. The molecule has 0 aliphatic carbocycles. The summed E-state index contributed by atoms with van der Waals surface area (Å²) in [5, 5.41) is 12.2. The van der Waals surface area contributed by atoms with Crippen LogP contribution >= 0.6 is 11.3 Å². The van der Waals surface area contributed by atoms with Crippen LogP contribution in [0.1, 0.15) is 54.5 Å². The van der Waals surface area contributed by atoms with Gasteiger partial charge in [-0.2, -0.15) is 5.10 Å². The maximum Gasteiger partial charge on any atom is 0.191 e. The summed E-state index contributed by atoms with van der Waals surface area (Å²) in [6, 6.07) is 0.316. The lowest BCUT2D eigenvalue weighted by Gasteiger charge is -2.25. The van der Waals surface area contributed by atoms with Gasteiger partial charge in [-0.05, 0) is 26.2 Å². The van der Waals surface area contributed by atoms with Crippen molar-refractivity contribution in [3.05, 3.63) is 27.7 Å². The van der Waals surface area contributed by atoms with E-state index >= 15 is 0 Å². The summed E-state index contributed by atoms with van der Waals surface area (Å²) in [4.78, 5) is 15.1. The molecule has 0 radical (unpaired) electrons. The smallest absolute Gasteiger partial charge is 0.191 e. The van der Waals surface area contributed by atoms with Crippen LogP contribution in [-0.2, 0) is 19.5 Å². The van der Waals surface area contributed by atoms with Crippen LogP contribution in [0.4, 0.5) is 0 Å². The van der Waals surface area contributed by atoms with Gasteiger partial charge in [-0.1, -0.05) is 13.8 Å². The predicted molar refractivity (Wildman–Crippen MR) is 101 cm³/mol. The monoisotopic (exact) mass is 361 g/mol. The number of aromatic nitrogens is 4. The molecule has 136 valence electrons. The number of nitrogens with one attached hydrogen (secondary N) is 2. The Bertz CT molecular complexity index is 731. The normalized spacial score (nSPS) is 17.6. The molecule has 8 heteroatoms. The number of rotatable bonds is 5. The summed E-state index contributed by atoms with van der Waals surface area (Å²) in [6.45, 7) is 10.9. The molecule has 1 unspecified atom stereocenters.